The zero-order valence-corrected chi connectivity index (χ0v) is 22.3. The van der Waals surface area contributed by atoms with Gasteiger partial charge in [-0.3, -0.25) is 0 Å². The van der Waals surface area contributed by atoms with Crippen LogP contribution in [0.2, 0.25) is 0 Å². The van der Waals surface area contributed by atoms with Crippen molar-refractivity contribution in [3.63, 3.8) is 0 Å². The summed E-state index contributed by atoms with van der Waals surface area (Å²) in [5.41, 5.74) is 6.65. The van der Waals surface area contributed by atoms with Crippen LogP contribution in [0.15, 0.2) is 59.3 Å². The smallest absolute Gasteiger partial charge is 0.0577 e. The standard InChI is InChI=1S/C23H34O.2C4H8/c1-5-15(2)19-8-9-20-18-7-6-16-14-17(24)10-12-22(16,3)21(18)11-13-23(19,20)4;1-4(2)3;1-3-4-2/h5-6,8,17-18,20-21,24H,7,9-14H2,1-4H3;1H2,2-3H3;3-4H,1-2H3/b15-5+;;4-3-. The number of aliphatic hydroxyl groups is 1. The van der Waals surface area contributed by atoms with Crippen molar-refractivity contribution in [3.05, 3.63) is 59.3 Å². The third-order valence-corrected chi connectivity index (χ3v) is 8.85. The van der Waals surface area contributed by atoms with Crippen molar-refractivity contribution in [1.29, 1.82) is 0 Å². The van der Waals surface area contributed by atoms with Gasteiger partial charge in [-0.1, -0.05) is 60.9 Å². The van der Waals surface area contributed by atoms with Crippen LogP contribution in [0.4, 0.5) is 0 Å². The number of aliphatic hydroxyl groups excluding tert-OH is 1. The van der Waals surface area contributed by atoms with Crippen molar-refractivity contribution in [2.24, 2.45) is 28.6 Å². The molecule has 0 aromatic heterocycles. The van der Waals surface area contributed by atoms with Crippen LogP contribution in [0.5, 0.6) is 0 Å². The average molecular weight is 439 g/mol. The van der Waals surface area contributed by atoms with Crippen LogP contribution in [0, 0.1) is 28.6 Å². The molecule has 0 amide bonds. The predicted molar refractivity (Wildman–Crippen MR) is 142 cm³/mol. The normalized spacial score (nSPS) is 38.1. The average Bonchev–Trinajstić information content (AvgIpc) is 3.10. The molecule has 1 heteroatoms. The van der Waals surface area contributed by atoms with Gasteiger partial charge in [0.2, 0.25) is 0 Å². The van der Waals surface area contributed by atoms with Gasteiger partial charge in [-0.2, -0.15) is 0 Å². The molecule has 0 saturated heterocycles. The summed E-state index contributed by atoms with van der Waals surface area (Å²) >= 11 is 0. The Hall–Kier alpha value is -1.34. The lowest BCUT2D eigenvalue weighted by atomic mass is 9.47. The zero-order chi connectivity index (χ0) is 24.1. The van der Waals surface area contributed by atoms with Crippen LogP contribution >= 0.6 is 0 Å². The Balaban J connectivity index is 0.000000395. The number of allylic oxidation sites excluding steroid dienone is 8. The summed E-state index contributed by atoms with van der Waals surface area (Å²) in [6, 6.07) is 0. The molecule has 0 bridgehead atoms. The van der Waals surface area contributed by atoms with Gasteiger partial charge in [0, 0.05) is 0 Å². The van der Waals surface area contributed by atoms with Crippen molar-refractivity contribution >= 4 is 0 Å². The quantitative estimate of drug-likeness (QED) is 0.405. The molecule has 4 rings (SSSR count). The molecule has 2 saturated carbocycles. The molecule has 6 atom stereocenters. The van der Waals surface area contributed by atoms with E-state index in [2.05, 4.69) is 52.5 Å². The summed E-state index contributed by atoms with van der Waals surface area (Å²) in [6.45, 7) is 21.0. The molecule has 1 nitrogen and oxygen atoms in total. The molecule has 0 radical (unpaired) electrons. The van der Waals surface area contributed by atoms with E-state index in [0.717, 1.165) is 30.6 Å². The van der Waals surface area contributed by atoms with E-state index in [-0.39, 0.29) is 6.10 Å². The molecule has 1 N–H and O–H groups in total. The molecule has 0 aromatic rings. The molecule has 0 aromatic carbocycles. The topological polar surface area (TPSA) is 20.2 Å². The van der Waals surface area contributed by atoms with E-state index in [1.165, 1.54) is 43.3 Å². The first-order valence-electron chi connectivity index (χ1n) is 13.0. The van der Waals surface area contributed by atoms with Gasteiger partial charge in [-0.05, 0) is 121 Å². The minimum absolute atomic E-state index is 0.0909. The summed E-state index contributed by atoms with van der Waals surface area (Å²) in [5.74, 6) is 2.50. The summed E-state index contributed by atoms with van der Waals surface area (Å²) < 4.78 is 0. The second-order valence-corrected chi connectivity index (χ2v) is 11.3. The minimum atomic E-state index is -0.0909. The largest absolute Gasteiger partial charge is 0.393 e. The van der Waals surface area contributed by atoms with Gasteiger partial charge in [0.1, 0.15) is 0 Å². The Bertz CT molecular complexity index is 770. The van der Waals surface area contributed by atoms with Crippen LogP contribution in [-0.2, 0) is 0 Å². The van der Waals surface area contributed by atoms with Gasteiger partial charge in [0.05, 0.1) is 6.10 Å². The lowest BCUT2D eigenvalue weighted by Gasteiger charge is -2.57. The molecular formula is C31H50O. The fourth-order valence-electron chi connectivity index (χ4n) is 6.98. The minimum Gasteiger partial charge on any atom is -0.393 e. The second-order valence-electron chi connectivity index (χ2n) is 11.3. The Morgan fingerprint density at radius 3 is 2.09 bits per heavy atom. The van der Waals surface area contributed by atoms with E-state index < -0.39 is 0 Å². The van der Waals surface area contributed by atoms with Gasteiger partial charge in [0.15, 0.2) is 0 Å². The summed E-state index contributed by atoms with van der Waals surface area (Å²) in [6.07, 6.45) is 19.7. The molecule has 0 aliphatic heterocycles. The van der Waals surface area contributed by atoms with Crippen LogP contribution in [-0.4, -0.2) is 11.2 Å². The highest BCUT2D eigenvalue weighted by molar-refractivity contribution is 5.40. The highest BCUT2D eigenvalue weighted by Gasteiger charge is 2.56. The molecule has 32 heavy (non-hydrogen) atoms. The third kappa shape index (κ3) is 5.41. The maximum atomic E-state index is 10.1. The maximum absolute atomic E-state index is 10.1. The highest BCUT2D eigenvalue weighted by atomic mass is 16.3. The Morgan fingerprint density at radius 1 is 0.938 bits per heavy atom. The predicted octanol–water partition coefficient (Wildman–Crippen LogP) is 8.98. The monoisotopic (exact) mass is 438 g/mol. The molecule has 2 fully saturated rings. The number of rotatable bonds is 1. The molecule has 6 unspecified atom stereocenters. The molecule has 0 heterocycles. The third-order valence-electron chi connectivity index (χ3n) is 8.85. The second kappa shape index (κ2) is 11.2. The molecule has 4 aliphatic rings. The van der Waals surface area contributed by atoms with Gasteiger partial charge in [-0.25, -0.2) is 0 Å². The maximum Gasteiger partial charge on any atom is 0.0577 e. The Morgan fingerprint density at radius 2 is 1.53 bits per heavy atom. The van der Waals surface area contributed by atoms with E-state index in [1.54, 1.807) is 11.1 Å². The van der Waals surface area contributed by atoms with E-state index in [9.17, 15) is 5.11 Å². The fraction of sp³-hybridized carbons (Fsp3) is 0.677. The molecule has 4 aliphatic carbocycles. The van der Waals surface area contributed by atoms with E-state index in [1.807, 2.05) is 39.8 Å². The number of hydrogen-bond donors (Lipinski definition) is 1. The lowest BCUT2D eigenvalue weighted by Crippen LogP contribution is -2.50. The SMILES string of the molecule is C/C=C(\C)C1=CCC2C3CC=C4CC(O)CCC4(C)C3CCC12C.C/C=C\C.C=C(C)C. The lowest BCUT2D eigenvalue weighted by molar-refractivity contribution is -0.0287. The highest BCUT2D eigenvalue weighted by Crippen LogP contribution is 2.65. The molecule has 0 spiro atoms. The molecule has 180 valence electrons. The first-order chi connectivity index (χ1) is 15.0. The fourth-order valence-corrected chi connectivity index (χ4v) is 6.98. The van der Waals surface area contributed by atoms with E-state index in [4.69, 9.17) is 0 Å². The first-order valence-corrected chi connectivity index (χ1v) is 13.0. The summed E-state index contributed by atoms with van der Waals surface area (Å²) in [5, 5.41) is 10.1. The van der Waals surface area contributed by atoms with Gasteiger partial charge < -0.3 is 5.11 Å². The van der Waals surface area contributed by atoms with E-state index >= 15 is 0 Å². The molecular weight excluding hydrogens is 388 g/mol. The number of fused-ring (bicyclic) bond motifs is 5. The van der Waals surface area contributed by atoms with Gasteiger partial charge in [-0.15, -0.1) is 6.58 Å². The van der Waals surface area contributed by atoms with Crippen molar-refractivity contribution in [2.45, 2.75) is 106 Å². The van der Waals surface area contributed by atoms with Crippen LogP contribution in [0.3, 0.4) is 0 Å². The first kappa shape index (κ1) is 26.9. The van der Waals surface area contributed by atoms with Gasteiger partial charge in [0.25, 0.3) is 0 Å². The van der Waals surface area contributed by atoms with E-state index in [0.29, 0.717) is 10.8 Å². The Kier molecular flexibility index (Phi) is 9.41. The summed E-state index contributed by atoms with van der Waals surface area (Å²) in [4.78, 5) is 0. The Labute approximate surface area is 199 Å². The number of hydrogen-bond acceptors (Lipinski definition) is 1. The zero-order valence-electron chi connectivity index (χ0n) is 22.3. The van der Waals surface area contributed by atoms with Gasteiger partial charge >= 0.3 is 0 Å². The van der Waals surface area contributed by atoms with Crippen molar-refractivity contribution in [3.8, 4) is 0 Å². The van der Waals surface area contributed by atoms with Crippen LogP contribution in [0.25, 0.3) is 0 Å². The summed E-state index contributed by atoms with van der Waals surface area (Å²) in [7, 11) is 0. The van der Waals surface area contributed by atoms with Crippen LogP contribution in [0.1, 0.15) is 100 Å². The van der Waals surface area contributed by atoms with Crippen molar-refractivity contribution < 1.29 is 5.11 Å². The van der Waals surface area contributed by atoms with Crippen molar-refractivity contribution in [2.75, 3.05) is 0 Å². The van der Waals surface area contributed by atoms with Crippen LogP contribution < -0.4 is 0 Å². The van der Waals surface area contributed by atoms with Crippen molar-refractivity contribution in [1.82, 2.24) is 0 Å².